The Kier molecular flexibility index (Phi) is 6.32. The summed E-state index contributed by atoms with van der Waals surface area (Å²) in [5, 5.41) is 24.3. The van der Waals surface area contributed by atoms with Gasteiger partial charge in [-0.2, -0.15) is 5.10 Å². The minimum atomic E-state index is -0.972. The van der Waals surface area contributed by atoms with Crippen molar-refractivity contribution in [3.63, 3.8) is 0 Å². The van der Waals surface area contributed by atoms with E-state index < -0.39 is 6.23 Å². The van der Waals surface area contributed by atoms with E-state index in [1.807, 2.05) is 41.4 Å². The summed E-state index contributed by atoms with van der Waals surface area (Å²) in [7, 11) is 0. The highest BCUT2D eigenvalue weighted by Gasteiger charge is 2.29. The average Bonchev–Trinajstić information content (AvgIpc) is 3.21. The molecular formula is C21H21Cl3N4O. The Bertz CT molecular complexity index is 970. The van der Waals surface area contributed by atoms with Crippen LogP contribution in [0.3, 0.4) is 0 Å². The number of hydrazine groups is 1. The van der Waals surface area contributed by atoms with E-state index in [2.05, 4.69) is 15.2 Å². The number of anilines is 1. The van der Waals surface area contributed by atoms with Crippen LogP contribution >= 0.6 is 34.8 Å². The predicted octanol–water partition coefficient (Wildman–Crippen LogP) is 5.94. The summed E-state index contributed by atoms with van der Waals surface area (Å²) in [4.78, 5) is 0. The zero-order valence-electron chi connectivity index (χ0n) is 15.7. The second-order valence-corrected chi connectivity index (χ2v) is 8.32. The Labute approximate surface area is 184 Å². The number of aliphatic hydroxyl groups excluding tert-OH is 1. The van der Waals surface area contributed by atoms with Crippen molar-refractivity contribution in [1.29, 1.82) is 0 Å². The summed E-state index contributed by atoms with van der Waals surface area (Å²) in [5.74, 6) is 0. The number of nitrogens with one attached hydrogen (secondary N) is 1. The molecule has 0 saturated carbocycles. The van der Waals surface area contributed by atoms with Gasteiger partial charge in [0.25, 0.3) is 0 Å². The third kappa shape index (κ3) is 4.55. The molecule has 3 aromatic rings. The van der Waals surface area contributed by atoms with Crippen molar-refractivity contribution in [2.45, 2.75) is 25.5 Å². The minimum Gasteiger partial charge on any atom is -0.367 e. The van der Waals surface area contributed by atoms with Gasteiger partial charge < -0.3 is 5.11 Å². The molecule has 0 amide bonds. The third-order valence-corrected chi connectivity index (χ3v) is 5.83. The monoisotopic (exact) mass is 450 g/mol. The van der Waals surface area contributed by atoms with Gasteiger partial charge in [-0.3, -0.25) is 10.1 Å². The Morgan fingerprint density at radius 3 is 2.31 bits per heavy atom. The summed E-state index contributed by atoms with van der Waals surface area (Å²) in [5.41, 5.74) is 2.93. The number of aliphatic hydroxyl groups is 1. The number of rotatable bonds is 5. The Hall–Kier alpha value is -1.76. The molecule has 2 heterocycles. The topological polar surface area (TPSA) is 55.4 Å². The molecule has 152 valence electrons. The van der Waals surface area contributed by atoms with Gasteiger partial charge in [0.15, 0.2) is 6.23 Å². The molecule has 1 aromatic heterocycles. The van der Waals surface area contributed by atoms with Crippen LogP contribution in [0.5, 0.6) is 0 Å². The summed E-state index contributed by atoms with van der Waals surface area (Å²) < 4.78 is 0. The molecule has 1 unspecified atom stereocenters. The van der Waals surface area contributed by atoms with E-state index in [9.17, 15) is 5.11 Å². The maximum Gasteiger partial charge on any atom is 0.183 e. The van der Waals surface area contributed by atoms with Crippen molar-refractivity contribution in [3.05, 3.63) is 69.3 Å². The first-order valence-corrected chi connectivity index (χ1v) is 10.6. The first-order valence-electron chi connectivity index (χ1n) is 9.51. The SMILES string of the molecule is OC(c1cc(-c2ccc(Cl)cc2)n[nH]1)N(c1ccc(Cl)cc1Cl)N1CCCCC1. The summed E-state index contributed by atoms with van der Waals surface area (Å²) in [6.07, 6.45) is 2.33. The highest BCUT2D eigenvalue weighted by Crippen LogP contribution is 2.36. The molecule has 0 radical (unpaired) electrons. The van der Waals surface area contributed by atoms with Gasteiger partial charge in [-0.1, -0.05) is 53.4 Å². The van der Waals surface area contributed by atoms with Gasteiger partial charge >= 0.3 is 0 Å². The molecule has 1 aliphatic rings. The van der Waals surface area contributed by atoms with Crippen LogP contribution in [0.25, 0.3) is 11.3 Å². The van der Waals surface area contributed by atoms with E-state index >= 15 is 0 Å². The number of hydrogen-bond donors (Lipinski definition) is 2. The van der Waals surface area contributed by atoms with E-state index in [-0.39, 0.29) is 0 Å². The first kappa shape index (κ1) is 20.5. The molecule has 1 atom stereocenters. The van der Waals surface area contributed by atoms with Crippen LogP contribution < -0.4 is 5.01 Å². The Morgan fingerprint density at radius 1 is 0.931 bits per heavy atom. The lowest BCUT2D eigenvalue weighted by Gasteiger charge is -2.41. The van der Waals surface area contributed by atoms with Crippen LogP contribution in [0.2, 0.25) is 15.1 Å². The van der Waals surface area contributed by atoms with E-state index in [0.717, 1.165) is 37.2 Å². The molecule has 0 aliphatic carbocycles. The number of H-pyrrole nitrogens is 1. The van der Waals surface area contributed by atoms with Gasteiger partial charge in [-0.15, -0.1) is 0 Å². The van der Waals surface area contributed by atoms with E-state index in [4.69, 9.17) is 34.8 Å². The van der Waals surface area contributed by atoms with Gasteiger partial charge in [0, 0.05) is 28.7 Å². The fourth-order valence-corrected chi connectivity index (χ4v) is 4.19. The number of nitrogens with zero attached hydrogens (tertiary/aromatic N) is 3. The lowest BCUT2D eigenvalue weighted by Crippen LogP contribution is -2.48. The van der Waals surface area contributed by atoms with Crippen LogP contribution in [0.4, 0.5) is 5.69 Å². The Morgan fingerprint density at radius 2 is 1.62 bits per heavy atom. The molecule has 8 heteroatoms. The molecule has 0 spiro atoms. The number of hydrogen-bond acceptors (Lipinski definition) is 4. The van der Waals surface area contributed by atoms with Gasteiger partial charge in [-0.05, 0) is 49.2 Å². The number of benzene rings is 2. The molecule has 1 saturated heterocycles. The van der Waals surface area contributed by atoms with Crippen LogP contribution in [0.15, 0.2) is 48.5 Å². The van der Waals surface area contributed by atoms with Gasteiger partial charge in [0.2, 0.25) is 0 Å². The molecule has 2 aromatic carbocycles. The van der Waals surface area contributed by atoms with Crippen LogP contribution in [0, 0.1) is 0 Å². The van der Waals surface area contributed by atoms with Gasteiger partial charge in [0.05, 0.1) is 22.1 Å². The van der Waals surface area contributed by atoms with Crippen LogP contribution in [-0.4, -0.2) is 33.4 Å². The van der Waals surface area contributed by atoms with Crippen molar-refractivity contribution in [3.8, 4) is 11.3 Å². The quantitative estimate of drug-likeness (QED) is 0.472. The highest BCUT2D eigenvalue weighted by molar-refractivity contribution is 6.36. The molecule has 2 N–H and O–H groups in total. The number of piperidine rings is 1. The lowest BCUT2D eigenvalue weighted by molar-refractivity contribution is 0.0737. The van der Waals surface area contributed by atoms with E-state index in [0.29, 0.717) is 26.4 Å². The smallest absolute Gasteiger partial charge is 0.183 e. The molecule has 1 fully saturated rings. The van der Waals surface area contributed by atoms with Gasteiger partial charge in [0.1, 0.15) is 0 Å². The highest BCUT2D eigenvalue weighted by atomic mass is 35.5. The van der Waals surface area contributed by atoms with Crippen molar-refractivity contribution >= 4 is 40.5 Å². The summed E-state index contributed by atoms with van der Waals surface area (Å²) in [6, 6.07) is 14.6. The summed E-state index contributed by atoms with van der Waals surface area (Å²) >= 11 is 18.5. The first-order chi connectivity index (χ1) is 14.0. The minimum absolute atomic E-state index is 0.486. The van der Waals surface area contributed by atoms with Crippen molar-refractivity contribution < 1.29 is 5.11 Å². The Balaban J connectivity index is 1.67. The predicted molar refractivity (Wildman–Crippen MR) is 118 cm³/mol. The maximum atomic E-state index is 11.3. The maximum absolute atomic E-state index is 11.3. The molecular weight excluding hydrogens is 431 g/mol. The second kappa shape index (κ2) is 8.94. The molecule has 0 bridgehead atoms. The number of aromatic amines is 1. The standard InChI is InChI=1S/C21H21Cl3N4O/c22-15-6-4-14(5-7-15)18-13-19(26-25-18)21(29)28(27-10-2-1-3-11-27)20-9-8-16(23)12-17(20)24/h4-9,12-13,21,29H,1-3,10-11H2,(H,25,26). The lowest BCUT2D eigenvalue weighted by atomic mass is 10.1. The zero-order chi connectivity index (χ0) is 20.4. The third-order valence-electron chi connectivity index (χ3n) is 5.04. The van der Waals surface area contributed by atoms with E-state index in [1.165, 1.54) is 6.42 Å². The number of aromatic nitrogens is 2. The fraction of sp³-hybridized carbons (Fsp3) is 0.286. The average molecular weight is 452 g/mol. The van der Waals surface area contributed by atoms with Crippen LogP contribution in [-0.2, 0) is 0 Å². The van der Waals surface area contributed by atoms with Crippen molar-refractivity contribution in [1.82, 2.24) is 15.2 Å². The summed E-state index contributed by atoms with van der Waals surface area (Å²) in [6.45, 7) is 1.68. The van der Waals surface area contributed by atoms with Crippen molar-refractivity contribution in [2.75, 3.05) is 18.1 Å². The molecule has 4 rings (SSSR count). The van der Waals surface area contributed by atoms with E-state index in [1.54, 1.807) is 12.1 Å². The number of halogens is 3. The second-order valence-electron chi connectivity index (χ2n) is 7.04. The normalized spacial score (nSPS) is 16.0. The van der Waals surface area contributed by atoms with Crippen LogP contribution in [0.1, 0.15) is 31.2 Å². The molecule has 1 aliphatic heterocycles. The van der Waals surface area contributed by atoms with Gasteiger partial charge in [-0.25, -0.2) is 5.01 Å². The fourth-order valence-electron chi connectivity index (χ4n) is 3.57. The molecule has 5 nitrogen and oxygen atoms in total. The zero-order valence-corrected chi connectivity index (χ0v) is 17.9. The largest absolute Gasteiger partial charge is 0.367 e. The van der Waals surface area contributed by atoms with Crippen molar-refractivity contribution in [2.24, 2.45) is 0 Å². The molecule has 29 heavy (non-hydrogen) atoms.